The summed E-state index contributed by atoms with van der Waals surface area (Å²) >= 11 is 4.36. The summed E-state index contributed by atoms with van der Waals surface area (Å²) in [5.74, 6) is -0.973. The summed E-state index contributed by atoms with van der Waals surface area (Å²) in [4.78, 5) is 29.7. The topological polar surface area (TPSA) is 116 Å². The number of amides is 1. The van der Waals surface area contributed by atoms with Crippen LogP contribution in [0.5, 0.6) is 0 Å². The van der Waals surface area contributed by atoms with Crippen molar-refractivity contribution in [2.75, 3.05) is 5.32 Å². The van der Waals surface area contributed by atoms with Gasteiger partial charge >= 0.3 is 5.95 Å². The fraction of sp³-hybridized carbons (Fsp3) is 0.0909. The van der Waals surface area contributed by atoms with E-state index in [-0.39, 0.29) is 11.3 Å². The van der Waals surface area contributed by atoms with Gasteiger partial charge in [0, 0.05) is 21.0 Å². The van der Waals surface area contributed by atoms with Crippen LogP contribution < -0.4 is 5.32 Å². The van der Waals surface area contributed by atoms with E-state index in [9.17, 15) is 14.9 Å². The van der Waals surface area contributed by atoms with Gasteiger partial charge in [-0.05, 0) is 22.0 Å². The van der Waals surface area contributed by atoms with Crippen LogP contribution in [0.25, 0.3) is 10.2 Å². The zero-order chi connectivity index (χ0) is 15.7. The van der Waals surface area contributed by atoms with Crippen molar-refractivity contribution in [2.24, 2.45) is 0 Å². The summed E-state index contributed by atoms with van der Waals surface area (Å²) < 4.78 is 2.16. The molecule has 22 heavy (non-hydrogen) atoms. The standard InChI is InChI=1S/C11H7BrN6O3S/c12-9-15-10(18(20)21)16-17(9)5-8(19)14-11-13-6-3-1-2-4-7(6)22-11/h1-4H,5H2,(H,13,14,19). The number of thiazole rings is 1. The Bertz CT molecular complexity index is 843. The molecule has 0 saturated heterocycles. The number of nitro groups is 1. The predicted octanol–water partition coefficient (Wildman–Crippen LogP) is 2.20. The highest BCUT2D eigenvalue weighted by Crippen LogP contribution is 2.25. The molecular weight excluding hydrogens is 376 g/mol. The van der Waals surface area contributed by atoms with E-state index in [1.54, 1.807) is 0 Å². The number of rotatable bonds is 4. The number of hydrogen-bond donors (Lipinski definition) is 1. The van der Waals surface area contributed by atoms with Crippen LogP contribution in [-0.4, -0.2) is 30.6 Å². The average Bonchev–Trinajstić information content (AvgIpc) is 3.02. The summed E-state index contributed by atoms with van der Waals surface area (Å²) in [6.07, 6.45) is 0. The van der Waals surface area contributed by atoms with Gasteiger partial charge in [-0.15, -0.1) is 0 Å². The molecule has 3 rings (SSSR count). The van der Waals surface area contributed by atoms with Gasteiger partial charge in [-0.2, -0.15) is 4.68 Å². The third-order valence-corrected chi connectivity index (χ3v) is 4.15. The van der Waals surface area contributed by atoms with Crippen molar-refractivity contribution in [2.45, 2.75) is 6.54 Å². The quantitative estimate of drug-likeness (QED) is 0.546. The number of halogens is 1. The molecule has 112 valence electrons. The van der Waals surface area contributed by atoms with E-state index < -0.39 is 16.8 Å². The normalized spacial score (nSPS) is 10.8. The second-order valence-corrected chi connectivity index (χ2v) is 5.87. The van der Waals surface area contributed by atoms with Gasteiger partial charge in [0.25, 0.3) is 4.73 Å². The number of carbonyl (C=O) groups excluding carboxylic acids is 1. The predicted molar refractivity (Wildman–Crippen MR) is 82.6 cm³/mol. The first kappa shape index (κ1) is 14.5. The summed E-state index contributed by atoms with van der Waals surface area (Å²) in [5.41, 5.74) is 0.792. The summed E-state index contributed by atoms with van der Waals surface area (Å²) in [7, 11) is 0. The van der Waals surface area contributed by atoms with E-state index in [0.717, 1.165) is 14.9 Å². The van der Waals surface area contributed by atoms with Crippen LogP contribution >= 0.6 is 27.3 Å². The molecule has 1 aromatic carbocycles. The number of nitrogens with one attached hydrogen (secondary N) is 1. The second kappa shape index (κ2) is 5.77. The molecule has 0 aliphatic rings. The third kappa shape index (κ3) is 2.94. The first-order valence-corrected chi connectivity index (χ1v) is 7.54. The Kier molecular flexibility index (Phi) is 3.81. The van der Waals surface area contributed by atoms with Crippen LogP contribution in [0.3, 0.4) is 0 Å². The number of hydrogen-bond acceptors (Lipinski definition) is 7. The maximum absolute atomic E-state index is 12.0. The largest absolute Gasteiger partial charge is 0.492 e. The number of carbonyl (C=O) groups is 1. The molecular formula is C11H7BrN6O3S. The smallest absolute Gasteiger partial charge is 0.390 e. The maximum Gasteiger partial charge on any atom is 0.492 e. The van der Waals surface area contributed by atoms with Crippen molar-refractivity contribution in [3.8, 4) is 0 Å². The minimum Gasteiger partial charge on any atom is -0.390 e. The Morgan fingerprint density at radius 2 is 2.18 bits per heavy atom. The van der Waals surface area contributed by atoms with Crippen molar-refractivity contribution in [1.82, 2.24) is 19.7 Å². The van der Waals surface area contributed by atoms with Crippen molar-refractivity contribution in [3.05, 3.63) is 39.1 Å². The summed E-state index contributed by atoms with van der Waals surface area (Å²) in [5, 5.41) is 17.3. The molecule has 0 unspecified atom stereocenters. The molecule has 0 bridgehead atoms. The average molecular weight is 383 g/mol. The Balaban J connectivity index is 1.73. The lowest BCUT2D eigenvalue weighted by Crippen LogP contribution is -2.19. The Hall–Kier alpha value is -2.40. The Morgan fingerprint density at radius 1 is 1.41 bits per heavy atom. The number of anilines is 1. The minimum absolute atomic E-state index is 0.110. The molecule has 2 aromatic heterocycles. The Labute approximate surface area is 135 Å². The number of para-hydroxylation sites is 1. The zero-order valence-corrected chi connectivity index (χ0v) is 13.2. The van der Waals surface area contributed by atoms with E-state index in [1.807, 2.05) is 24.3 Å². The molecule has 0 spiro atoms. The van der Waals surface area contributed by atoms with Crippen LogP contribution in [0.15, 0.2) is 29.0 Å². The van der Waals surface area contributed by atoms with Crippen molar-refractivity contribution >= 4 is 54.5 Å². The molecule has 1 N–H and O–H groups in total. The van der Waals surface area contributed by atoms with Gasteiger partial charge in [0.05, 0.1) is 10.2 Å². The van der Waals surface area contributed by atoms with Gasteiger partial charge in [-0.25, -0.2) is 4.98 Å². The first-order chi connectivity index (χ1) is 10.5. The SMILES string of the molecule is O=C(Cn1nc([N+](=O)[O-])nc1Br)Nc1nc2ccccc2s1. The van der Waals surface area contributed by atoms with Crippen LogP contribution in [-0.2, 0) is 11.3 Å². The molecule has 0 fully saturated rings. The minimum atomic E-state index is -0.729. The molecule has 3 aromatic rings. The van der Waals surface area contributed by atoms with Crippen LogP contribution in [0, 0.1) is 10.1 Å². The van der Waals surface area contributed by atoms with Gasteiger partial charge in [-0.3, -0.25) is 4.79 Å². The van der Waals surface area contributed by atoms with Gasteiger partial charge in [0.15, 0.2) is 5.13 Å². The molecule has 9 nitrogen and oxygen atoms in total. The number of fused-ring (bicyclic) bond motifs is 1. The molecule has 1 amide bonds. The summed E-state index contributed by atoms with van der Waals surface area (Å²) in [6, 6.07) is 7.50. The van der Waals surface area contributed by atoms with Crippen LogP contribution in [0.2, 0.25) is 0 Å². The first-order valence-electron chi connectivity index (χ1n) is 5.93. The van der Waals surface area contributed by atoms with Crippen LogP contribution in [0.1, 0.15) is 0 Å². The monoisotopic (exact) mass is 382 g/mol. The lowest BCUT2D eigenvalue weighted by Gasteiger charge is -1.99. The maximum atomic E-state index is 12.0. The lowest BCUT2D eigenvalue weighted by atomic mass is 10.3. The highest BCUT2D eigenvalue weighted by Gasteiger charge is 2.21. The fourth-order valence-corrected chi connectivity index (χ4v) is 2.96. The van der Waals surface area contributed by atoms with E-state index in [0.29, 0.717) is 5.13 Å². The van der Waals surface area contributed by atoms with Gasteiger partial charge in [0.1, 0.15) is 6.54 Å². The van der Waals surface area contributed by atoms with Crippen molar-refractivity contribution < 1.29 is 9.72 Å². The van der Waals surface area contributed by atoms with Gasteiger partial charge < -0.3 is 15.4 Å². The van der Waals surface area contributed by atoms with Crippen molar-refractivity contribution in [3.63, 3.8) is 0 Å². The third-order valence-electron chi connectivity index (χ3n) is 2.61. The highest BCUT2D eigenvalue weighted by atomic mass is 79.9. The van der Waals surface area contributed by atoms with E-state index >= 15 is 0 Å². The lowest BCUT2D eigenvalue weighted by molar-refractivity contribution is -0.394. The molecule has 0 radical (unpaired) electrons. The van der Waals surface area contributed by atoms with Gasteiger partial charge in [0.2, 0.25) is 5.91 Å². The molecule has 11 heteroatoms. The van der Waals surface area contributed by atoms with E-state index in [2.05, 4.69) is 36.3 Å². The van der Waals surface area contributed by atoms with Crippen molar-refractivity contribution in [1.29, 1.82) is 0 Å². The second-order valence-electron chi connectivity index (χ2n) is 4.13. The molecule has 2 heterocycles. The highest BCUT2D eigenvalue weighted by molar-refractivity contribution is 9.10. The number of nitrogens with zero attached hydrogens (tertiary/aromatic N) is 5. The zero-order valence-electron chi connectivity index (χ0n) is 10.8. The molecule has 0 saturated carbocycles. The van der Waals surface area contributed by atoms with Gasteiger partial charge in [-0.1, -0.05) is 23.5 Å². The number of benzene rings is 1. The van der Waals surface area contributed by atoms with E-state index in [1.165, 1.54) is 11.3 Å². The molecule has 0 atom stereocenters. The number of aromatic nitrogens is 4. The van der Waals surface area contributed by atoms with Crippen LogP contribution in [0.4, 0.5) is 11.1 Å². The summed E-state index contributed by atoms with van der Waals surface area (Å²) in [6.45, 7) is -0.211. The molecule has 0 aliphatic carbocycles. The fourth-order valence-electron chi connectivity index (χ4n) is 1.71. The van der Waals surface area contributed by atoms with E-state index in [4.69, 9.17) is 0 Å². The molecule has 0 aliphatic heterocycles. The Morgan fingerprint density at radius 3 is 2.86 bits per heavy atom.